The lowest BCUT2D eigenvalue weighted by molar-refractivity contribution is -0.151. The van der Waals surface area contributed by atoms with Crippen molar-refractivity contribution >= 4 is 23.7 Å². The average molecular weight is 294 g/mol. The summed E-state index contributed by atoms with van der Waals surface area (Å²) in [4.78, 5) is 23.2. The Bertz CT molecular complexity index is 518. The molecule has 2 aliphatic heterocycles. The van der Waals surface area contributed by atoms with E-state index in [1.54, 1.807) is 36.0 Å². The van der Waals surface area contributed by atoms with Gasteiger partial charge in [-0.1, -0.05) is 18.2 Å². The van der Waals surface area contributed by atoms with Crippen LogP contribution in [-0.2, 0) is 19.0 Å². The van der Waals surface area contributed by atoms with Gasteiger partial charge in [0.2, 0.25) is 0 Å². The Hall–Kier alpha value is -1.53. The Labute approximate surface area is 120 Å². The predicted octanol–water partition coefficient (Wildman–Crippen LogP) is 1.62. The van der Waals surface area contributed by atoms with E-state index in [0.29, 0.717) is 5.56 Å². The van der Waals surface area contributed by atoms with E-state index in [2.05, 4.69) is 0 Å². The monoisotopic (exact) mass is 294 g/mol. The Kier molecular flexibility index (Phi) is 3.67. The van der Waals surface area contributed by atoms with Crippen molar-refractivity contribution in [2.75, 3.05) is 5.75 Å². The smallest absolute Gasteiger partial charge is 0.338 e. The number of carbonyl (C=O) groups is 2. The summed E-state index contributed by atoms with van der Waals surface area (Å²) in [6.07, 6.45) is -1.26. The van der Waals surface area contributed by atoms with Gasteiger partial charge in [0.15, 0.2) is 12.2 Å². The summed E-state index contributed by atoms with van der Waals surface area (Å²) < 4.78 is 16.4. The summed E-state index contributed by atoms with van der Waals surface area (Å²) in [5.41, 5.74) is 0.238. The summed E-state index contributed by atoms with van der Waals surface area (Å²) in [5, 5.41) is 0. The number of carbonyl (C=O) groups excluding carboxylic acids is 2. The van der Waals surface area contributed by atoms with Gasteiger partial charge in [0, 0.05) is 12.7 Å². The maximum atomic E-state index is 12.1. The minimum absolute atomic E-state index is 0.206. The summed E-state index contributed by atoms with van der Waals surface area (Å²) in [6.45, 7) is 1.34. The standard InChI is InChI=1S/C14H14O5S/c1-8(15)17-12-11(10-7-20-14(12)18-10)19-13(16)9-5-3-2-4-6-9/h2-6,10-12,14H,7H2,1H3/t10-,11+,12-,14+/m1/s1. The second kappa shape index (κ2) is 5.46. The van der Waals surface area contributed by atoms with Crippen LogP contribution in [0.15, 0.2) is 30.3 Å². The molecular weight excluding hydrogens is 280 g/mol. The van der Waals surface area contributed by atoms with Crippen molar-refractivity contribution in [1.82, 2.24) is 0 Å². The summed E-state index contributed by atoms with van der Waals surface area (Å²) >= 11 is 1.58. The van der Waals surface area contributed by atoms with Gasteiger partial charge in [-0.15, -0.1) is 11.8 Å². The molecule has 1 aromatic rings. The van der Waals surface area contributed by atoms with E-state index in [4.69, 9.17) is 14.2 Å². The van der Waals surface area contributed by atoms with E-state index in [-0.39, 0.29) is 11.5 Å². The number of fused-ring (bicyclic) bond motifs is 2. The van der Waals surface area contributed by atoms with Gasteiger partial charge in [-0.2, -0.15) is 0 Å². The Balaban J connectivity index is 1.72. The molecule has 4 atom stereocenters. The fourth-order valence-electron chi connectivity index (χ4n) is 2.37. The van der Waals surface area contributed by atoms with E-state index in [9.17, 15) is 9.59 Å². The summed E-state index contributed by atoms with van der Waals surface area (Å²) in [7, 11) is 0. The van der Waals surface area contributed by atoms with E-state index in [0.717, 1.165) is 5.75 Å². The third-order valence-electron chi connectivity index (χ3n) is 3.25. The number of esters is 2. The molecular formula is C14H14O5S. The minimum atomic E-state index is -0.530. The largest absolute Gasteiger partial charge is 0.455 e. The molecule has 1 aromatic carbocycles. The van der Waals surface area contributed by atoms with Crippen LogP contribution in [-0.4, -0.2) is 41.4 Å². The highest BCUT2D eigenvalue weighted by Crippen LogP contribution is 2.41. The number of benzene rings is 1. The molecule has 0 amide bonds. The first-order chi connectivity index (χ1) is 9.65. The highest BCUT2D eigenvalue weighted by atomic mass is 32.2. The second-order valence-corrected chi connectivity index (χ2v) is 5.82. The van der Waals surface area contributed by atoms with Gasteiger partial charge in [-0.3, -0.25) is 4.79 Å². The summed E-state index contributed by atoms with van der Waals surface area (Å²) in [6, 6.07) is 8.74. The van der Waals surface area contributed by atoms with Crippen molar-refractivity contribution in [1.29, 1.82) is 0 Å². The number of hydrogen-bond donors (Lipinski definition) is 0. The van der Waals surface area contributed by atoms with Crippen LogP contribution < -0.4 is 0 Å². The number of thioether (sulfide) groups is 1. The third kappa shape index (κ3) is 2.53. The van der Waals surface area contributed by atoms with Crippen LogP contribution in [0.1, 0.15) is 17.3 Å². The zero-order chi connectivity index (χ0) is 14.1. The normalized spacial score (nSPS) is 31.1. The molecule has 3 rings (SSSR count). The highest BCUT2D eigenvalue weighted by Gasteiger charge is 2.54. The van der Waals surface area contributed by atoms with Gasteiger partial charge in [-0.05, 0) is 12.1 Å². The first-order valence-corrected chi connectivity index (χ1v) is 7.40. The van der Waals surface area contributed by atoms with Crippen molar-refractivity contribution in [2.45, 2.75) is 30.7 Å². The molecule has 0 radical (unpaired) electrons. The lowest BCUT2D eigenvalue weighted by Crippen LogP contribution is -2.43. The Morgan fingerprint density at radius 1 is 1.20 bits per heavy atom. The third-order valence-corrected chi connectivity index (χ3v) is 4.48. The van der Waals surface area contributed by atoms with Crippen LogP contribution in [0, 0.1) is 0 Å². The fourth-order valence-corrected chi connectivity index (χ4v) is 3.64. The molecule has 2 saturated heterocycles. The van der Waals surface area contributed by atoms with Gasteiger partial charge in [-0.25, -0.2) is 4.79 Å². The summed E-state index contributed by atoms with van der Waals surface area (Å²) in [5.74, 6) is -0.0729. The Morgan fingerprint density at radius 3 is 2.65 bits per heavy atom. The van der Waals surface area contributed by atoms with Crippen LogP contribution in [0.4, 0.5) is 0 Å². The zero-order valence-corrected chi connectivity index (χ0v) is 11.7. The van der Waals surface area contributed by atoms with E-state index in [1.807, 2.05) is 6.07 Å². The molecule has 0 N–H and O–H groups in total. The number of rotatable bonds is 3. The molecule has 0 aliphatic carbocycles. The van der Waals surface area contributed by atoms with Crippen LogP contribution in [0.25, 0.3) is 0 Å². The van der Waals surface area contributed by atoms with E-state index < -0.39 is 24.1 Å². The lowest BCUT2D eigenvalue weighted by Gasteiger charge is -2.26. The molecule has 106 valence electrons. The molecule has 20 heavy (non-hydrogen) atoms. The van der Waals surface area contributed by atoms with Crippen LogP contribution in [0.5, 0.6) is 0 Å². The molecule has 0 unspecified atom stereocenters. The van der Waals surface area contributed by atoms with Crippen molar-refractivity contribution < 1.29 is 23.8 Å². The Morgan fingerprint density at radius 2 is 1.95 bits per heavy atom. The molecule has 0 saturated carbocycles. The average Bonchev–Trinajstić information content (AvgIpc) is 3.02. The quantitative estimate of drug-likeness (QED) is 0.789. The first kappa shape index (κ1) is 13.5. The second-order valence-electron chi connectivity index (χ2n) is 4.69. The van der Waals surface area contributed by atoms with Crippen molar-refractivity contribution in [2.24, 2.45) is 0 Å². The lowest BCUT2D eigenvalue weighted by atomic mass is 10.1. The van der Waals surface area contributed by atoms with Gasteiger partial charge in [0.25, 0.3) is 0 Å². The number of hydrogen-bond acceptors (Lipinski definition) is 6. The van der Waals surface area contributed by atoms with Gasteiger partial charge in [0.1, 0.15) is 11.5 Å². The SMILES string of the molecule is CC(=O)O[C@@H]1[C@@H](OC(=O)c2ccccc2)[C@H]2CS[C@@H]1O2. The zero-order valence-electron chi connectivity index (χ0n) is 10.9. The van der Waals surface area contributed by atoms with Crippen molar-refractivity contribution in [3.05, 3.63) is 35.9 Å². The molecule has 2 fully saturated rings. The predicted molar refractivity (Wildman–Crippen MR) is 72.3 cm³/mol. The minimum Gasteiger partial charge on any atom is -0.455 e. The molecule has 0 aromatic heterocycles. The topological polar surface area (TPSA) is 61.8 Å². The van der Waals surface area contributed by atoms with Gasteiger partial charge in [0.05, 0.1) is 5.56 Å². The van der Waals surface area contributed by atoms with Crippen molar-refractivity contribution in [3.8, 4) is 0 Å². The highest BCUT2D eigenvalue weighted by molar-refractivity contribution is 8.00. The molecule has 2 aliphatic rings. The van der Waals surface area contributed by atoms with Crippen LogP contribution in [0.3, 0.4) is 0 Å². The van der Waals surface area contributed by atoms with Crippen LogP contribution >= 0.6 is 11.8 Å². The molecule has 5 nitrogen and oxygen atoms in total. The molecule has 2 heterocycles. The molecule has 0 spiro atoms. The molecule has 2 bridgehead atoms. The van der Waals surface area contributed by atoms with Crippen LogP contribution in [0.2, 0.25) is 0 Å². The van der Waals surface area contributed by atoms with E-state index in [1.165, 1.54) is 6.92 Å². The number of ether oxygens (including phenoxy) is 3. The maximum Gasteiger partial charge on any atom is 0.338 e. The molecule has 6 heteroatoms. The fraction of sp³-hybridized carbons (Fsp3) is 0.429. The van der Waals surface area contributed by atoms with E-state index >= 15 is 0 Å². The first-order valence-electron chi connectivity index (χ1n) is 6.35. The van der Waals surface area contributed by atoms with Gasteiger partial charge < -0.3 is 14.2 Å². The van der Waals surface area contributed by atoms with Crippen molar-refractivity contribution in [3.63, 3.8) is 0 Å². The maximum absolute atomic E-state index is 12.1. The van der Waals surface area contributed by atoms with Gasteiger partial charge >= 0.3 is 11.9 Å².